The van der Waals surface area contributed by atoms with Gasteiger partial charge >= 0.3 is 6.09 Å². The fourth-order valence-electron chi connectivity index (χ4n) is 6.96. The van der Waals surface area contributed by atoms with Gasteiger partial charge in [-0.2, -0.15) is 19.2 Å². The van der Waals surface area contributed by atoms with Gasteiger partial charge in [0.2, 0.25) is 0 Å². The number of aromatic nitrogens is 8. The molecule has 0 spiro atoms. The normalized spacial score (nSPS) is 15.0. The number of carbonyl (C=O) groups is 1. The van der Waals surface area contributed by atoms with Crippen LogP contribution >= 0.6 is 31.9 Å². The third kappa shape index (κ3) is 8.82. The van der Waals surface area contributed by atoms with Crippen molar-refractivity contribution in [1.82, 2.24) is 49.4 Å². The number of hydrogen-bond acceptors (Lipinski definition) is 11. The van der Waals surface area contributed by atoms with Gasteiger partial charge in [-0.15, -0.1) is 0 Å². The van der Waals surface area contributed by atoms with Crippen LogP contribution in [0, 0.1) is 0 Å². The molecule has 2 saturated heterocycles. The van der Waals surface area contributed by atoms with E-state index in [1.54, 1.807) is 46.6 Å². The van der Waals surface area contributed by atoms with E-state index in [0.717, 1.165) is 99.0 Å². The standard InChI is InChI=1S/C24H23BrN6O2.C16H17BrN6/c25-20-15-27-31-22(28-19-6-10-26-11-7-19)14-21(29-23(20)31)18-8-12-30(13-9-18)24(32)33-16-17-4-2-1-3-5-17;17-13-10-20-23-15(21-12-2-1-5-19-9-12)8-14(22-16(13)23)11-3-6-18-7-4-11/h1-7,10-11,14-15,18H,8-9,12-13,16H2,(H,26,28);1-2,5,8-11,18,21H,3-4,6-7H2. The first-order valence-corrected chi connectivity index (χ1v) is 20.2. The Bertz CT molecular complexity index is 2380. The molecule has 7 aromatic rings. The van der Waals surface area contributed by atoms with Gasteiger partial charge < -0.3 is 25.6 Å². The molecular weight excluding hydrogens is 840 g/mol. The average Bonchev–Trinajstić information content (AvgIpc) is 3.83. The molecule has 286 valence electrons. The van der Waals surface area contributed by atoms with Crippen LogP contribution in [0.1, 0.15) is 54.5 Å². The number of rotatable bonds is 8. The highest BCUT2D eigenvalue weighted by Gasteiger charge is 2.27. The van der Waals surface area contributed by atoms with E-state index in [0.29, 0.717) is 19.0 Å². The second-order valence-electron chi connectivity index (χ2n) is 13.6. The lowest BCUT2D eigenvalue weighted by Crippen LogP contribution is -2.38. The van der Waals surface area contributed by atoms with Gasteiger partial charge in [-0.05, 0) is 100 Å². The molecular formula is C40H40Br2N12O2. The van der Waals surface area contributed by atoms with Crippen molar-refractivity contribution in [3.63, 3.8) is 0 Å². The van der Waals surface area contributed by atoms with Crippen LogP contribution in [0.15, 0.2) is 113 Å². The topological polar surface area (TPSA) is 152 Å². The van der Waals surface area contributed by atoms with Gasteiger partial charge in [0, 0.05) is 72.7 Å². The molecule has 9 rings (SSSR count). The molecule has 0 aliphatic carbocycles. The predicted octanol–water partition coefficient (Wildman–Crippen LogP) is 8.24. The second-order valence-corrected chi connectivity index (χ2v) is 15.4. The summed E-state index contributed by atoms with van der Waals surface area (Å²) in [7, 11) is 0. The van der Waals surface area contributed by atoms with E-state index in [1.165, 1.54) is 0 Å². The molecule has 0 saturated carbocycles. The first-order chi connectivity index (χ1) is 27.5. The summed E-state index contributed by atoms with van der Waals surface area (Å²) in [5.41, 5.74) is 6.54. The Morgan fingerprint density at radius 1 is 0.714 bits per heavy atom. The van der Waals surface area contributed by atoms with E-state index in [9.17, 15) is 4.79 Å². The molecule has 8 heterocycles. The van der Waals surface area contributed by atoms with Crippen molar-refractivity contribution in [2.24, 2.45) is 0 Å². The Balaban J connectivity index is 0.000000168. The van der Waals surface area contributed by atoms with Crippen LogP contribution in [0.5, 0.6) is 0 Å². The van der Waals surface area contributed by atoms with Crippen molar-refractivity contribution in [3.8, 4) is 0 Å². The summed E-state index contributed by atoms with van der Waals surface area (Å²) in [6.07, 6.45) is 14.2. The zero-order valence-electron chi connectivity index (χ0n) is 30.4. The van der Waals surface area contributed by atoms with Crippen LogP contribution in [0.4, 0.5) is 27.8 Å². The van der Waals surface area contributed by atoms with Gasteiger partial charge in [-0.1, -0.05) is 30.3 Å². The molecule has 0 radical (unpaired) electrons. The summed E-state index contributed by atoms with van der Waals surface area (Å²) in [5.74, 6) is 2.46. The van der Waals surface area contributed by atoms with E-state index >= 15 is 0 Å². The van der Waals surface area contributed by atoms with E-state index < -0.39 is 0 Å². The summed E-state index contributed by atoms with van der Waals surface area (Å²) in [6.45, 7) is 3.65. The molecule has 16 heteroatoms. The van der Waals surface area contributed by atoms with Gasteiger partial charge in [0.1, 0.15) is 18.2 Å². The molecule has 0 bridgehead atoms. The van der Waals surface area contributed by atoms with Gasteiger partial charge in [0.05, 0.1) is 33.2 Å². The van der Waals surface area contributed by atoms with Crippen LogP contribution in [0.3, 0.4) is 0 Å². The smallest absolute Gasteiger partial charge is 0.410 e. The van der Waals surface area contributed by atoms with E-state index in [-0.39, 0.29) is 18.6 Å². The van der Waals surface area contributed by atoms with Crippen molar-refractivity contribution < 1.29 is 9.53 Å². The summed E-state index contributed by atoms with van der Waals surface area (Å²) in [6, 6.07) is 21.6. The highest BCUT2D eigenvalue weighted by Crippen LogP contribution is 2.32. The molecule has 3 N–H and O–H groups in total. The summed E-state index contributed by atoms with van der Waals surface area (Å²) >= 11 is 7.10. The minimum atomic E-state index is -0.265. The number of ether oxygens (including phenoxy) is 1. The number of hydrogen-bond donors (Lipinski definition) is 3. The Morgan fingerprint density at radius 2 is 1.32 bits per heavy atom. The van der Waals surface area contributed by atoms with Crippen LogP contribution < -0.4 is 16.0 Å². The maximum atomic E-state index is 12.5. The lowest BCUT2D eigenvalue weighted by molar-refractivity contribution is 0.0868. The Labute approximate surface area is 340 Å². The minimum Gasteiger partial charge on any atom is -0.445 e. The number of likely N-dealkylation sites (tertiary alicyclic amines) is 1. The fourth-order valence-corrected chi connectivity index (χ4v) is 7.66. The van der Waals surface area contributed by atoms with Crippen LogP contribution in [-0.4, -0.2) is 76.3 Å². The van der Waals surface area contributed by atoms with E-state index in [4.69, 9.17) is 14.7 Å². The molecule has 14 nitrogen and oxygen atoms in total. The van der Waals surface area contributed by atoms with Crippen molar-refractivity contribution in [2.75, 3.05) is 36.8 Å². The SMILES string of the molecule is Brc1cnn2c(Nc3cccnc3)cc(C3CCNCC3)nc12.O=C(OCc1ccccc1)N1CCC(c2cc(Nc3ccncc3)n3ncc(Br)c3n2)CC1. The summed E-state index contributed by atoms with van der Waals surface area (Å²) < 4.78 is 10.8. The van der Waals surface area contributed by atoms with Crippen LogP contribution in [0.25, 0.3) is 11.3 Å². The number of amides is 1. The number of nitrogens with zero attached hydrogens (tertiary/aromatic N) is 9. The summed E-state index contributed by atoms with van der Waals surface area (Å²) in [4.78, 5) is 32.2. The second kappa shape index (κ2) is 17.6. The minimum absolute atomic E-state index is 0.243. The third-order valence-corrected chi connectivity index (χ3v) is 11.0. The maximum Gasteiger partial charge on any atom is 0.410 e. The van der Waals surface area contributed by atoms with Gasteiger partial charge in [0.25, 0.3) is 0 Å². The molecule has 2 aliphatic rings. The first kappa shape index (κ1) is 37.5. The number of benzene rings is 1. The molecule has 0 atom stereocenters. The maximum absolute atomic E-state index is 12.5. The monoisotopic (exact) mass is 878 g/mol. The number of fused-ring (bicyclic) bond motifs is 2. The number of piperidine rings is 2. The number of nitrogens with one attached hydrogen (secondary N) is 3. The lowest BCUT2D eigenvalue weighted by atomic mass is 9.93. The largest absolute Gasteiger partial charge is 0.445 e. The molecule has 56 heavy (non-hydrogen) atoms. The number of pyridine rings is 2. The Morgan fingerprint density at radius 3 is 1.93 bits per heavy atom. The molecule has 0 unspecified atom stereocenters. The van der Waals surface area contributed by atoms with Gasteiger partial charge in [0.15, 0.2) is 11.3 Å². The van der Waals surface area contributed by atoms with Crippen LogP contribution in [0.2, 0.25) is 0 Å². The summed E-state index contributed by atoms with van der Waals surface area (Å²) in [5, 5.41) is 19.1. The highest BCUT2D eigenvalue weighted by atomic mass is 79.9. The quantitative estimate of drug-likeness (QED) is 0.135. The highest BCUT2D eigenvalue weighted by molar-refractivity contribution is 9.11. The number of halogens is 2. The molecule has 1 amide bonds. The van der Waals surface area contributed by atoms with Gasteiger partial charge in [-0.25, -0.2) is 14.8 Å². The fraction of sp³-hybridized carbons (Fsp3) is 0.275. The van der Waals surface area contributed by atoms with E-state index in [2.05, 4.69) is 74.0 Å². The molecule has 1 aromatic carbocycles. The van der Waals surface area contributed by atoms with Crippen molar-refractivity contribution >= 4 is 72.3 Å². The average molecular weight is 881 g/mol. The molecule has 2 fully saturated rings. The predicted molar refractivity (Wildman–Crippen MR) is 221 cm³/mol. The molecule has 2 aliphatic heterocycles. The lowest BCUT2D eigenvalue weighted by Gasteiger charge is -2.31. The zero-order valence-corrected chi connectivity index (χ0v) is 33.6. The number of anilines is 4. The molecule has 6 aromatic heterocycles. The van der Waals surface area contributed by atoms with Gasteiger partial charge in [-0.3, -0.25) is 9.97 Å². The number of carbonyl (C=O) groups excluding carboxylic acids is 1. The zero-order chi connectivity index (χ0) is 38.3. The first-order valence-electron chi connectivity index (χ1n) is 18.6. The van der Waals surface area contributed by atoms with E-state index in [1.807, 2.05) is 65.2 Å². The van der Waals surface area contributed by atoms with Crippen LogP contribution in [-0.2, 0) is 11.3 Å². The van der Waals surface area contributed by atoms with Crippen molar-refractivity contribution in [1.29, 1.82) is 0 Å². The third-order valence-electron chi connectivity index (χ3n) is 9.92. The van der Waals surface area contributed by atoms with Crippen molar-refractivity contribution in [2.45, 2.75) is 44.1 Å². The Kier molecular flexibility index (Phi) is 11.8. The Hall–Kier alpha value is -5.45. The van der Waals surface area contributed by atoms with Crippen molar-refractivity contribution in [3.05, 3.63) is 130 Å².